The summed E-state index contributed by atoms with van der Waals surface area (Å²) >= 11 is 1.81. The molecule has 0 bridgehead atoms. The van der Waals surface area contributed by atoms with Crippen LogP contribution in [0, 0.1) is 23.7 Å². The van der Waals surface area contributed by atoms with E-state index in [0.717, 1.165) is 61.6 Å². The van der Waals surface area contributed by atoms with Crippen LogP contribution in [0.5, 0.6) is 0 Å². The second-order valence-corrected chi connectivity index (χ2v) is 11.8. The summed E-state index contributed by atoms with van der Waals surface area (Å²) in [5.41, 5.74) is 0. The van der Waals surface area contributed by atoms with E-state index in [4.69, 9.17) is 14.9 Å². The van der Waals surface area contributed by atoms with Crippen molar-refractivity contribution in [2.75, 3.05) is 56.2 Å². The summed E-state index contributed by atoms with van der Waals surface area (Å²) in [7, 11) is 0. The molecular formula is C25H37N5OS. The molecule has 5 heterocycles. The predicted molar refractivity (Wildman–Crippen MR) is 132 cm³/mol. The van der Waals surface area contributed by atoms with E-state index in [1.807, 2.05) is 11.3 Å². The van der Waals surface area contributed by atoms with Gasteiger partial charge in [0.05, 0.1) is 4.70 Å². The molecule has 3 saturated heterocycles. The number of ether oxygens (including phenoxy) is 1. The highest BCUT2D eigenvalue weighted by molar-refractivity contribution is 7.17. The van der Waals surface area contributed by atoms with E-state index in [1.54, 1.807) is 0 Å². The lowest BCUT2D eigenvalue weighted by molar-refractivity contribution is 0.0545. The van der Waals surface area contributed by atoms with E-state index in [0.29, 0.717) is 6.04 Å². The standard InChI is InChI=1S/C25H37N5OS/c1-17-3-2-7-30(13-17)25-23-22(6-10-32-23)24(27-28-25)26-21-11-19-15-29(16-20(19)12-21)14-18-4-8-31-9-5-18/h6,10,17-21H,2-5,7-9,11-16H2,1H3,(H,26,27)/t17-,19+,20?,21?/m0/s1. The molecular weight excluding hydrogens is 418 g/mol. The SMILES string of the molecule is C[C@H]1CCCN(c2nnc(NC3CC4CN(CC5CCOCC5)C[C@H]4C3)c3ccsc23)C1. The normalized spacial score (nSPS) is 32.0. The van der Waals surface area contributed by atoms with Gasteiger partial charge in [-0.15, -0.1) is 21.5 Å². The van der Waals surface area contributed by atoms with Crippen molar-refractivity contribution in [1.82, 2.24) is 15.1 Å². The zero-order valence-corrected chi connectivity index (χ0v) is 20.2. The van der Waals surface area contributed by atoms with Gasteiger partial charge in [-0.3, -0.25) is 0 Å². The zero-order valence-electron chi connectivity index (χ0n) is 19.3. The average molecular weight is 456 g/mol. The average Bonchev–Trinajstić information content (AvgIpc) is 3.50. The third-order valence-corrected chi connectivity index (χ3v) is 9.26. The number of thiophene rings is 1. The number of nitrogens with zero attached hydrogens (tertiary/aromatic N) is 4. The number of likely N-dealkylation sites (tertiary alicyclic amines) is 1. The highest BCUT2D eigenvalue weighted by atomic mass is 32.1. The van der Waals surface area contributed by atoms with Gasteiger partial charge in [-0.1, -0.05) is 6.92 Å². The molecule has 2 aromatic rings. The zero-order chi connectivity index (χ0) is 21.5. The van der Waals surface area contributed by atoms with Crippen LogP contribution in [-0.4, -0.2) is 67.1 Å². The maximum Gasteiger partial charge on any atom is 0.169 e. The molecule has 174 valence electrons. The first-order valence-electron chi connectivity index (χ1n) is 12.8. The Balaban J connectivity index is 1.09. The van der Waals surface area contributed by atoms with Crippen molar-refractivity contribution in [1.29, 1.82) is 0 Å². The van der Waals surface area contributed by atoms with Gasteiger partial charge in [0.2, 0.25) is 0 Å². The van der Waals surface area contributed by atoms with Gasteiger partial charge in [-0.2, -0.15) is 0 Å². The topological polar surface area (TPSA) is 53.5 Å². The maximum absolute atomic E-state index is 5.54. The summed E-state index contributed by atoms with van der Waals surface area (Å²) in [5, 5.41) is 16.7. The molecule has 3 aliphatic heterocycles. The van der Waals surface area contributed by atoms with Gasteiger partial charge in [0, 0.05) is 57.4 Å². The number of piperidine rings is 1. The molecule has 2 aromatic heterocycles. The van der Waals surface area contributed by atoms with Crippen LogP contribution in [0.15, 0.2) is 11.4 Å². The minimum atomic E-state index is 0.536. The Morgan fingerprint density at radius 3 is 2.69 bits per heavy atom. The van der Waals surface area contributed by atoms with Crippen molar-refractivity contribution in [3.8, 4) is 0 Å². The molecule has 6 nitrogen and oxygen atoms in total. The fourth-order valence-corrected chi connectivity index (χ4v) is 7.62. The van der Waals surface area contributed by atoms with Crippen molar-refractivity contribution in [3.05, 3.63) is 11.4 Å². The van der Waals surface area contributed by atoms with Crippen LogP contribution in [0.3, 0.4) is 0 Å². The molecule has 0 aromatic carbocycles. The summed E-state index contributed by atoms with van der Waals surface area (Å²) in [6.07, 6.45) is 7.62. The Bertz CT molecular complexity index is 914. The van der Waals surface area contributed by atoms with E-state index < -0.39 is 0 Å². The van der Waals surface area contributed by atoms with Gasteiger partial charge in [0.15, 0.2) is 11.6 Å². The molecule has 6 rings (SSSR count). The van der Waals surface area contributed by atoms with Gasteiger partial charge in [0.1, 0.15) is 0 Å². The van der Waals surface area contributed by atoms with Crippen LogP contribution >= 0.6 is 11.3 Å². The van der Waals surface area contributed by atoms with Crippen molar-refractivity contribution in [3.63, 3.8) is 0 Å². The van der Waals surface area contributed by atoms with Crippen LogP contribution in [-0.2, 0) is 4.74 Å². The molecule has 1 saturated carbocycles. The first kappa shape index (κ1) is 21.1. The monoisotopic (exact) mass is 455 g/mol. The molecule has 0 spiro atoms. The first-order chi connectivity index (χ1) is 15.7. The number of nitrogens with one attached hydrogen (secondary N) is 1. The van der Waals surface area contributed by atoms with Crippen LogP contribution in [0.4, 0.5) is 11.6 Å². The van der Waals surface area contributed by atoms with E-state index in [-0.39, 0.29) is 0 Å². The lowest BCUT2D eigenvalue weighted by Crippen LogP contribution is -2.35. The molecule has 2 unspecified atom stereocenters. The number of hydrogen-bond acceptors (Lipinski definition) is 7. The minimum Gasteiger partial charge on any atom is -0.381 e. The van der Waals surface area contributed by atoms with Crippen LogP contribution in [0.2, 0.25) is 0 Å². The Morgan fingerprint density at radius 1 is 1.09 bits per heavy atom. The fourth-order valence-electron chi connectivity index (χ4n) is 6.71. The largest absolute Gasteiger partial charge is 0.381 e. The van der Waals surface area contributed by atoms with E-state index >= 15 is 0 Å². The predicted octanol–water partition coefficient (Wildman–Crippen LogP) is 4.48. The van der Waals surface area contributed by atoms with Gasteiger partial charge in [-0.05, 0) is 73.6 Å². The molecule has 32 heavy (non-hydrogen) atoms. The Kier molecular flexibility index (Phi) is 5.99. The molecule has 4 fully saturated rings. The number of fused-ring (bicyclic) bond motifs is 2. The minimum absolute atomic E-state index is 0.536. The van der Waals surface area contributed by atoms with Crippen molar-refractivity contribution in [2.24, 2.45) is 23.7 Å². The maximum atomic E-state index is 5.54. The van der Waals surface area contributed by atoms with E-state index in [2.05, 4.69) is 33.5 Å². The molecule has 1 aliphatic carbocycles. The Hall–Kier alpha value is -1.44. The van der Waals surface area contributed by atoms with Crippen molar-refractivity contribution >= 4 is 33.1 Å². The third-order valence-electron chi connectivity index (χ3n) is 8.35. The van der Waals surface area contributed by atoms with Crippen LogP contribution in [0.25, 0.3) is 10.1 Å². The number of hydrogen-bond donors (Lipinski definition) is 1. The van der Waals surface area contributed by atoms with Gasteiger partial charge < -0.3 is 19.9 Å². The summed E-state index contributed by atoms with van der Waals surface area (Å²) in [5.74, 6) is 5.36. The Morgan fingerprint density at radius 2 is 1.91 bits per heavy atom. The molecule has 0 radical (unpaired) electrons. The summed E-state index contributed by atoms with van der Waals surface area (Å²) in [6, 6.07) is 2.77. The number of rotatable bonds is 5. The molecule has 1 N–H and O–H groups in total. The summed E-state index contributed by atoms with van der Waals surface area (Å²) in [6.45, 7) is 10.3. The van der Waals surface area contributed by atoms with Crippen LogP contribution in [0.1, 0.15) is 45.4 Å². The molecule has 7 heteroatoms. The molecule has 0 amide bonds. The Labute approximate surface area is 195 Å². The summed E-state index contributed by atoms with van der Waals surface area (Å²) < 4.78 is 6.84. The highest BCUT2D eigenvalue weighted by Gasteiger charge is 2.41. The molecule has 4 atom stereocenters. The van der Waals surface area contributed by atoms with E-state index in [1.165, 1.54) is 68.2 Å². The van der Waals surface area contributed by atoms with Crippen molar-refractivity contribution in [2.45, 2.75) is 51.5 Å². The van der Waals surface area contributed by atoms with E-state index in [9.17, 15) is 0 Å². The lowest BCUT2D eigenvalue weighted by Gasteiger charge is -2.32. The third kappa shape index (κ3) is 4.24. The van der Waals surface area contributed by atoms with Gasteiger partial charge >= 0.3 is 0 Å². The number of anilines is 2. The van der Waals surface area contributed by atoms with Gasteiger partial charge in [0.25, 0.3) is 0 Å². The fraction of sp³-hybridized carbons (Fsp3) is 0.760. The quantitative estimate of drug-likeness (QED) is 0.718. The first-order valence-corrected chi connectivity index (χ1v) is 13.7. The second-order valence-electron chi connectivity index (χ2n) is 10.8. The summed E-state index contributed by atoms with van der Waals surface area (Å²) in [4.78, 5) is 5.20. The second kappa shape index (κ2) is 9.07. The highest BCUT2D eigenvalue weighted by Crippen LogP contribution is 2.41. The van der Waals surface area contributed by atoms with Crippen LogP contribution < -0.4 is 10.2 Å². The number of aromatic nitrogens is 2. The molecule has 4 aliphatic rings. The lowest BCUT2D eigenvalue weighted by atomic mass is 10.00. The smallest absolute Gasteiger partial charge is 0.169 e. The van der Waals surface area contributed by atoms with Crippen molar-refractivity contribution < 1.29 is 4.74 Å². The van der Waals surface area contributed by atoms with Gasteiger partial charge in [-0.25, -0.2) is 0 Å².